The quantitative estimate of drug-likeness (QED) is 0.456. The minimum absolute atomic E-state index is 0. The number of halogens is 1. The summed E-state index contributed by atoms with van der Waals surface area (Å²) >= 11 is 0. The summed E-state index contributed by atoms with van der Waals surface area (Å²) in [4.78, 5) is 29.3. The van der Waals surface area contributed by atoms with E-state index in [1.54, 1.807) is 18.3 Å². The van der Waals surface area contributed by atoms with Crippen molar-refractivity contribution >= 4 is 30.2 Å². The van der Waals surface area contributed by atoms with Gasteiger partial charge in [-0.2, -0.15) is 0 Å². The molecule has 198 valence electrons. The molecule has 1 saturated carbocycles. The van der Waals surface area contributed by atoms with Crippen molar-refractivity contribution in [2.24, 2.45) is 0 Å². The van der Waals surface area contributed by atoms with E-state index >= 15 is 0 Å². The average Bonchev–Trinajstić information content (AvgIpc) is 3.30. The first-order valence-electron chi connectivity index (χ1n) is 12.5. The highest BCUT2D eigenvalue weighted by atomic mass is 35.5. The van der Waals surface area contributed by atoms with Gasteiger partial charge in [0.2, 0.25) is 0 Å². The standard InChI is InChI=1S/C25H36N6O4.ClH/c1-25(2,3)21-14-22(31-35-21)30-24(33)29-17-6-4-16(5-7-17)28-23(32)20-9-8-19(15-27-20)34-18-10-12-26-13-11-18;/h8-9,14-18,26H,4-7,10-13H2,1-3H3,(H,28,32)(H2,29,30,31,33);1H/t16-,17-;. The predicted molar refractivity (Wildman–Crippen MR) is 139 cm³/mol. The van der Waals surface area contributed by atoms with Crippen LogP contribution in [0.3, 0.4) is 0 Å². The van der Waals surface area contributed by atoms with Gasteiger partial charge in [-0.3, -0.25) is 10.1 Å². The van der Waals surface area contributed by atoms with Gasteiger partial charge in [-0.05, 0) is 63.7 Å². The Balaban J connectivity index is 0.00000361. The van der Waals surface area contributed by atoms with Crippen LogP contribution in [0.4, 0.5) is 10.6 Å². The molecule has 4 rings (SSSR count). The van der Waals surface area contributed by atoms with Gasteiger partial charge >= 0.3 is 6.03 Å². The van der Waals surface area contributed by atoms with Gasteiger partial charge < -0.3 is 25.2 Å². The summed E-state index contributed by atoms with van der Waals surface area (Å²) in [5.74, 6) is 1.61. The number of piperidine rings is 1. The number of rotatable bonds is 6. The van der Waals surface area contributed by atoms with E-state index in [1.807, 2.05) is 26.8 Å². The number of ether oxygens (including phenoxy) is 1. The molecule has 2 aromatic rings. The maximum absolute atomic E-state index is 12.6. The monoisotopic (exact) mass is 520 g/mol. The second-order valence-electron chi connectivity index (χ2n) is 10.4. The van der Waals surface area contributed by atoms with Gasteiger partial charge in [0.25, 0.3) is 5.91 Å². The number of anilines is 1. The zero-order valence-electron chi connectivity index (χ0n) is 21.1. The van der Waals surface area contributed by atoms with Gasteiger partial charge in [0, 0.05) is 23.6 Å². The average molecular weight is 521 g/mol. The van der Waals surface area contributed by atoms with Gasteiger partial charge in [0.05, 0.1) is 6.20 Å². The van der Waals surface area contributed by atoms with Crippen molar-refractivity contribution in [1.29, 1.82) is 0 Å². The molecule has 0 spiro atoms. The lowest BCUT2D eigenvalue weighted by Gasteiger charge is -2.29. The fourth-order valence-electron chi connectivity index (χ4n) is 4.36. The molecule has 4 N–H and O–H groups in total. The van der Waals surface area contributed by atoms with E-state index in [4.69, 9.17) is 9.26 Å². The van der Waals surface area contributed by atoms with E-state index in [2.05, 4.69) is 31.4 Å². The molecule has 0 unspecified atom stereocenters. The number of nitrogens with one attached hydrogen (secondary N) is 4. The molecular weight excluding hydrogens is 484 g/mol. The van der Waals surface area contributed by atoms with Crippen LogP contribution in [0.25, 0.3) is 0 Å². The molecule has 0 aromatic carbocycles. The molecule has 2 aliphatic rings. The smallest absolute Gasteiger partial charge is 0.320 e. The largest absolute Gasteiger partial charge is 0.489 e. The van der Waals surface area contributed by atoms with Crippen LogP contribution in [0, 0.1) is 0 Å². The maximum atomic E-state index is 12.6. The second kappa shape index (κ2) is 12.4. The molecule has 0 bridgehead atoms. The van der Waals surface area contributed by atoms with E-state index in [9.17, 15) is 9.59 Å². The van der Waals surface area contributed by atoms with Crippen molar-refractivity contribution in [3.8, 4) is 5.75 Å². The molecule has 36 heavy (non-hydrogen) atoms. The molecule has 2 aromatic heterocycles. The van der Waals surface area contributed by atoms with Crippen molar-refractivity contribution in [3.63, 3.8) is 0 Å². The Morgan fingerprint density at radius 2 is 1.69 bits per heavy atom. The highest BCUT2D eigenvalue weighted by Gasteiger charge is 2.25. The number of carbonyl (C=O) groups excluding carboxylic acids is 2. The lowest BCUT2D eigenvalue weighted by molar-refractivity contribution is 0.0919. The summed E-state index contributed by atoms with van der Waals surface area (Å²) in [6.07, 6.45) is 6.88. The Hall–Kier alpha value is -2.85. The summed E-state index contributed by atoms with van der Waals surface area (Å²) in [5.41, 5.74) is 0.203. The number of aromatic nitrogens is 2. The van der Waals surface area contributed by atoms with Gasteiger partial charge in [-0.25, -0.2) is 9.78 Å². The van der Waals surface area contributed by atoms with E-state index in [1.165, 1.54) is 0 Å². The number of hydrogen-bond acceptors (Lipinski definition) is 7. The number of carbonyl (C=O) groups is 2. The first-order chi connectivity index (χ1) is 16.8. The van der Waals surface area contributed by atoms with E-state index in [-0.39, 0.29) is 47.9 Å². The van der Waals surface area contributed by atoms with Crippen molar-refractivity contribution < 1.29 is 18.8 Å². The summed E-state index contributed by atoms with van der Waals surface area (Å²) < 4.78 is 11.3. The number of pyridine rings is 1. The Morgan fingerprint density at radius 3 is 2.28 bits per heavy atom. The third-order valence-corrected chi connectivity index (χ3v) is 6.45. The predicted octanol–water partition coefficient (Wildman–Crippen LogP) is 3.78. The van der Waals surface area contributed by atoms with Crippen LogP contribution in [0.15, 0.2) is 28.9 Å². The number of urea groups is 1. The first kappa shape index (κ1) is 27.7. The number of amides is 3. The zero-order chi connectivity index (χ0) is 24.8. The van der Waals surface area contributed by atoms with Crippen LogP contribution in [0.5, 0.6) is 5.75 Å². The summed E-state index contributed by atoms with van der Waals surface area (Å²) in [6, 6.07) is 5.05. The topological polar surface area (TPSA) is 130 Å². The van der Waals surface area contributed by atoms with Gasteiger partial charge in [-0.15, -0.1) is 12.4 Å². The van der Waals surface area contributed by atoms with Crippen LogP contribution in [-0.4, -0.2) is 53.4 Å². The SMILES string of the molecule is CC(C)(C)c1cc(NC(=O)N[C@H]2CC[C@H](NC(=O)c3ccc(OC4CCNCC4)cn3)CC2)no1.Cl. The molecule has 1 aliphatic heterocycles. The summed E-state index contributed by atoms with van der Waals surface area (Å²) in [5, 5.41) is 16.0. The second-order valence-corrected chi connectivity index (χ2v) is 10.4. The fourth-order valence-corrected chi connectivity index (χ4v) is 4.36. The molecule has 2 fully saturated rings. The molecule has 0 atom stereocenters. The maximum Gasteiger partial charge on any atom is 0.320 e. The molecule has 1 saturated heterocycles. The van der Waals surface area contributed by atoms with E-state index in [0.717, 1.165) is 51.6 Å². The third-order valence-electron chi connectivity index (χ3n) is 6.45. The Bertz CT molecular complexity index is 993. The molecule has 11 heteroatoms. The van der Waals surface area contributed by atoms with Crippen molar-refractivity contribution in [3.05, 3.63) is 35.9 Å². The molecule has 3 heterocycles. The molecule has 1 aliphatic carbocycles. The van der Waals surface area contributed by atoms with Gasteiger partial charge in [0.1, 0.15) is 23.3 Å². The van der Waals surface area contributed by atoms with Crippen LogP contribution < -0.4 is 26.0 Å². The third kappa shape index (κ3) is 7.83. The molecule has 10 nitrogen and oxygen atoms in total. The van der Waals surface area contributed by atoms with Crippen LogP contribution >= 0.6 is 12.4 Å². The van der Waals surface area contributed by atoms with Crippen LogP contribution in [0.2, 0.25) is 0 Å². The number of nitrogens with zero attached hydrogens (tertiary/aromatic N) is 2. The summed E-state index contributed by atoms with van der Waals surface area (Å²) in [7, 11) is 0. The van der Waals surface area contributed by atoms with Crippen LogP contribution in [0.1, 0.15) is 75.5 Å². The van der Waals surface area contributed by atoms with Crippen molar-refractivity contribution in [2.75, 3.05) is 18.4 Å². The van der Waals surface area contributed by atoms with E-state index in [0.29, 0.717) is 23.0 Å². The Kier molecular flexibility index (Phi) is 9.56. The highest BCUT2D eigenvalue weighted by molar-refractivity contribution is 5.92. The fraction of sp³-hybridized carbons (Fsp3) is 0.600. The Morgan fingerprint density at radius 1 is 1.03 bits per heavy atom. The van der Waals surface area contributed by atoms with Gasteiger partial charge in [-0.1, -0.05) is 25.9 Å². The minimum atomic E-state index is -0.303. The number of hydrogen-bond donors (Lipinski definition) is 4. The van der Waals surface area contributed by atoms with Gasteiger partial charge in [0.15, 0.2) is 5.82 Å². The normalized spacial score (nSPS) is 20.6. The molecular formula is C25H37ClN6O4. The van der Waals surface area contributed by atoms with Crippen LogP contribution in [-0.2, 0) is 5.41 Å². The minimum Gasteiger partial charge on any atom is -0.489 e. The lowest BCUT2D eigenvalue weighted by atomic mass is 9.91. The van der Waals surface area contributed by atoms with Crippen molar-refractivity contribution in [1.82, 2.24) is 26.1 Å². The van der Waals surface area contributed by atoms with Crippen molar-refractivity contribution in [2.45, 2.75) is 82.9 Å². The first-order valence-corrected chi connectivity index (χ1v) is 12.5. The lowest BCUT2D eigenvalue weighted by Crippen LogP contribution is -2.45. The van der Waals surface area contributed by atoms with E-state index < -0.39 is 0 Å². The highest BCUT2D eigenvalue weighted by Crippen LogP contribution is 2.25. The molecule has 0 radical (unpaired) electrons. The molecule has 3 amide bonds. The summed E-state index contributed by atoms with van der Waals surface area (Å²) in [6.45, 7) is 7.97. The Labute approximate surface area is 218 Å². The zero-order valence-corrected chi connectivity index (χ0v) is 22.0.